The molecule has 6 aromatic rings. The van der Waals surface area contributed by atoms with Crippen LogP contribution in [-0.2, 0) is 4.79 Å². The van der Waals surface area contributed by atoms with Crippen molar-refractivity contribution in [2.75, 3.05) is 24.4 Å². The molecule has 230 valence electrons. The fourth-order valence-electron chi connectivity index (χ4n) is 4.19. The van der Waals surface area contributed by atoms with Gasteiger partial charge in [0.05, 0.1) is 18.5 Å². The van der Waals surface area contributed by atoms with Gasteiger partial charge in [-0.25, -0.2) is 9.97 Å². The molecule has 0 bridgehead atoms. The van der Waals surface area contributed by atoms with Gasteiger partial charge in [0.1, 0.15) is 23.7 Å². The maximum absolute atomic E-state index is 12.4. The lowest BCUT2D eigenvalue weighted by molar-refractivity contribution is -0.125. The van der Waals surface area contributed by atoms with E-state index in [-0.39, 0.29) is 18.4 Å². The summed E-state index contributed by atoms with van der Waals surface area (Å²) < 4.78 is 16.4. The van der Waals surface area contributed by atoms with Gasteiger partial charge in [-0.1, -0.05) is 30.3 Å². The number of hydrogen-bond acceptors (Lipinski definition) is 11. The number of anilines is 2. The number of benzene rings is 2. The molecule has 2 N–H and O–H groups in total. The highest BCUT2D eigenvalue weighted by Crippen LogP contribution is 2.31. The molecule has 1 aliphatic rings. The molecule has 0 fully saturated rings. The predicted octanol–water partition coefficient (Wildman–Crippen LogP) is 6.45. The summed E-state index contributed by atoms with van der Waals surface area (Å²) >= 11 is 2.71. The van der Waals surface area contributed by atoms with Gasteiger partial charge in [0.25, 0.3) is 11.8 Å². The lowest BCUT2D eigenvalue weighted by atomic mass is 10.2. The van der Waals surface area contributed by atoms with Crippen LogP contribution in [0.3, 0.4) is 0 Å². The Labute approximate surface area is 271 Å². The minimum Gasteiger partial charge on any atom is -0.497 e. The van der Waals surface area contributed by atoms with Gasteiger partial charge in [-0.05, 0) is 54.6 Å². The number of carbonyl (C=O) groups is 2. The molecule has 1 unspecified atom stereocenters. The molecule has 1 aliphatic heterocycles. The minimum atomic E-state index is -0.706. The first kappa shape index (κ1) is 30.4. The molecule has 0 radical (unpaired) electrons. The number of hydrogen-bond donors (Lipinski definition) is 2. The molecule has 2 amide bonds. The summed E-state index contributed by atoms with van der Waals surface area (Å²) in [5.41, 5.74) is 3.53. The molecule has 0 aliphatic carbocycles. The average molecular weight is 651 g/mol. The SMILES string of the molecule is COc1cccc(C(=O)Nc2nc(-c3ccccn3)cs2)c1.O=C(Nc1nc(-c2ccccn2)cs1)C1COc2ccccc2O1. The molecule has 5 heterocycles. The topological polar surface area (TPSA) is 137 Å². The van der Waals surface area contributed by atoms with E-state index in [1.807, 2.05) is 65.4 Å². The predicted molar refractivity (Wildman–Crippen MR) is 177 cm³/mol. The number of para-hydroxylation sites is 2. The molecular weight excluding hydrogens is 625 g/mol. The van der Waals surface area contributed by atoms with Crippen LogP contribution in [0.4, 0.5) is 10.3 Å². The van der Waals surface area contributed by atoms with Gasteiger partial charge < -0.3 is 14.2 Å². The van der Waals surface area contributed by atoms with Crippen LogP contribution >= 0.6 is 22.7 Å². The molecule has 1 atom stereocenters. The Hall–Kier alpha value is -5.66. The lowest BCUT2D eigenvalue weighted by Gasteiger charge is -2.25. The first-order valence-corrected chi connectivity index (χ1v) is 15.7. The zero-order chi connectivity index (χ0) is 31.7. The quantitative estimate of drug-likeness (QED) is 0.200. The van der Waals surface area contributed by atoms with Gasteiger partial charge in [-0.15, -0.1) is 22.7 Å². The highest BCUT2D eigenvalue weighted by Gasteiger charge is 2.28. The van der Waals surface area contributed by atoms with Crippen molar-refractivity contribution in [2.24, 2.45) is 0 Å². The smallest absolute Gasteiger partial charge is 0.270 e. The van der Waals surface area contributed by atoms with Crippen molar-refractivity contribution in [3.63, 3.8) is 0 Å². The summed E-state index contributed by atoms with van der Waals surface area (Å²) in [5, 5.41) is 10.3. The zero-order valence-electron chi connectivity index (χ0n) is 24.3. The number of ether oxygens (including phenoxy) is 3. The van der Waals surface area contributed by atoms with E-state index in [1.54, 1.807) is 49.8 Å². The third kappa shape index (κ3) is 7.52. The molecular formula is C33H26N6O5S2. The van der Waals surface area contributed by atoms with Crippen molar-refractivity contribution in [1.29, 1.82) is 0 Å². The van der Waals surface area contributed by atoms with Crippen molar-refractivity contribution in [3.05, 3.63) is 114 Å². The van der Waals surface area contributed by atoms with Crippen LogP contribution in [0.2, 0.25) is 0 Å². The molecule has 13 heteroatoms. The Bertz CT molecular complexity index is 1930. The number of carbonyl (C=O) groups excluding carboxylic acids is 2. The van der Waals surface area contributed by atoms with Crippen LogP contribution in [0.5, 0.6) is 17.2 Å². The van der Waals surface area contributed by atoms with Crippen molar-refractivity contribution >= 4 is 44.8 Å². The fourth-order valence-corrected chi connectivity index (χ4v) is 5.60. The number of rotatable bonds is 7. The number of nitrogens with one attached hydrogen (secondary N) is 2. The summed E-state index contributed by atoms with van der Waals surface area (Å²) in [7, 11) is 1.57. The van der Waals surface area contributed by atoms with E-state index in [9.17, 15) is 9.59 Å². The lowest BCUT2D eigenvalue weighted by Crippen LogP contribution is -2.40. The van der Waals surface area contributed by atoms with Crippen LogP contribution < -0.4 is 24.8 Å². The van der Waals surface area contributed by atoms with E-state index >= 15 is 0 Å². The molecule has 2 aromatic carbocycles. The first-order chi connectivity index (χ1) is 22.6. The van der Waals surface area contributed by atoms with E-state index in [0.29, 0.717) is 33.1 Å². The number of aromatic nitrogens is 4. The van der Waals surface area contributed by atoms with E-state index in [4.69, 9.17) is 14.2 Å². The van der Waals surface area contributed by atoms with E-state index < -0.39 is 6.10 Å². The summed E-state index contributed by atoms with van der Waals surface area (Å²) in [6.07, 6.45) is 2.71. The molecule has 0 spiro atoms. The number of amides is 2. The number of fused-ring (bicyclic) bond motifs is 1. The number of thiazole rings is 2. The minimum absolute atomic E-state index is 0.168. The Kier molecular flexibility index (Phi) is 9.52. The first-order valence-electron chi connectivity index (χ1n) is 13.9. The summed E-state index contributed by atoms with van der Waals surface area (Å²) in [4.78, 5) is 41.8. The van der Waals surface area contributed by atoms with Gasteiger partial charge in [0.15, 0.2) is 21.8 Å². The standard InChI is InChI=1S/C17H13N3O3S.C16H13N3O2S/c21-16(15-9-22-13-6-1-2-7-14(13)23-15)20-17-19-12(10-24-17)11-5-3-4-8-18-11;1-21-12-6-4-5-11(9-12)15(20)19-16-18-14(10-22-16)13-7-2-3-8-17-13/h1-8,10,15H,9H2,(H,19,20,21);2-10H,1H3,(H,18,19,20). The fraction of sp³-hybridized carbons (Fsp3) is 0.0909. The van der Waals surface area contributed by atoms with Crippen molar-refractivity contribution < 1.29 is 23.8 Å². The largest absolute Gasteiger partial charge is 0.497 e. The monoisotopic (exact) mass is 650 g/mol. The highest BCUT2D eigenvalue weighted by molar-refractivity contribution is 7.14. The van der Waals surface area contributed by atoms with Gasteiger partial charge in [-0.2, -0.15) is 0 Å². The molecule has 46 heavy (non-hydrogen) atoms. The Morgan fingerprint density at radius 3 is 2.02 bits per heavy atom. The average Bonchev–Trinajstić information content (AvgIpc) is 3.79. The maximum atomic E-state index is 12.4. The third-order valence-electron chi connectivity index (χ3n) is 6.45. The number of pyridine rings is 2. The highest BCUT2D eigenvalue weighted by atomic mass is 32.1. The van der Waals surface area contributed by atoms with E-state index in [1.165, 1.54) is 22.7 Å². The Morgan fingerprint density at radius 1 is 0.761 bits per heavy atom. The molecule has 0 saturated heterocycles. The van der Waals surface area contributed by atoms with Crippen LogP contribution in [-0.4, -0.2) is 51.6 Å². The van der Waals surface area contributed by atoms with Gasteiger partial charge in [-0.3, -0.25) is 30.2 Å². The number of nitrogens with zero attached hydrogens (tertiary/aromatic N) is 4. The van der Waals surface area contributed by atoms with Crippen LogP contribution in [0, 0.1) is 0 Å². The second-order valence-electron chi connectivity index (χ2n) is 9.55. The molecule has 4 aromatic heterocycles. The van der Waals surface area contributed by atoms with Crippen molar-refractivity contribution in [1.82, 2.24) is 19.9 Å². The maximum Gasteiger partial charge on any atom is 0.270 e. The van der Waals surface area contributed by atoms with Crippen LogP contribution in [0.1, 0.15) is 10.4 Å². The van der Waals surface area contributed by atoms with E-state index in [0.717, 1.165) is 22.8 Å². The molecule has 11 nitrogen and oxygen atoms in total. The normalized spacial score (nSPS) is 13.1. The zero-order valence-corrected chi connectivity index (χ0v) is 26.0. The van der Waals surface area contributed by atoms with Gasteiger partial charge >= 0.3 is 0 Å². The van der Waals surface area contributed by atoms with Gasteiger partial charge in [0, 0.05) is 28.7 Å². The molecule has 7 rings (SSSR count). The Morgan fingerprint density at radius 2 is 1.39 bits per heavy atom. The second-order valence-corrected chi connectivity index (χ2v) is 11.3. The molecule has 0 saturated carbocycles. The summed E-state index contributed by atoms with van der Waals surface area (Å²) in [5.74, 6) is 1.35. The van der Waals surface area contributed by atoms with Crippen LogP contribution in [0.25, 0.3) is 22.8 Å². The van der Waals surface area contributed by atoms with Crippen molar-refractivity contribution in [3.8, 4) is 40.0 Å². The van der Waals surface area contributed by atoms with Gasteiger partial charge in [0.2, 0.25) is 6.10 Å². The van der Waals surface area contributed by atoms with Crippen molar-refractivity contribution in [2.45, 2.75) is 6.10 Å². The van der Waals surface area contributed by atoms with Crippen LogP contribution in [0.15, 0.2) is 108 Å². The second kappa shape index (κ2) is 14.4. The van der Waals surface area contributed by atoms with E-state index in [2.05, 4.69) is 30.6 Å². The summed E-state index contributed by atoms with van der Waals surface area (Å²) in [6.45, 7) is 0.168. The summed E-state index contributed by atoms with van der Waals surface area (Å²) in [6, 6.07) is 25.5. The number of methoxy groups -OCH3 is 1. The Balaban J connectivity index is 0.000000162. The third-order valence-corrected chi connectivity index (χ3v) is 7.96.